The van der Waals surface area contributed by atoms with Gasteiger partial charge in [-0.25, -0.2) is 0 Å². The molecule has 98 valence electrons. The Bertz CT molecular complexity index is 241. The minimum Gasteiger partial charge on any atom is -0.317 e. The molecule has 0 aliphatic rings. The van der Waals surface area contributed by atoms with Crippen LogP contribution < -0.4 is 5.32 Å². The molecule has 0 aromatic rings. The topological polar surface area (TPSA) is 29.1 Å². The van der Waals surface area contributed by atoms with Crippen LogP contribution in [0.3, 0.4) is 0 Å². The van der Waals surface area contributed by atoms with Gasteiger partial charge in [-0.15, -0.1) is 0 Å². The van der Waals surface area contributed by atoms with Gasteiger partial charge in [0.15, 0.2) is 0 Å². The molecule has 0 aromatic heterocycles. The van der Waals surface area contributed by atoms with Crippen LogP contribution in [-0.2, 0) is 4.79 Å². The monoisotopic (exact) mass is 237 g/mol. The summed E-state index contributed by atoms with van der Waals surface area (Å²) in [5, 5.41) is 3.28. The molecule has 0 aromatic carbocycles. The molecular formula is C15H27NO. The van der Waals surface area contributed by atoms with E-state index in [0.29, 0.717) is 0 Å². The van der Waals surface area contributed by atoms with E-state index in [4.69, 9.17) is 0 Å². The molecule has 0 heterocycles. The fraction of sp³-hybridized carbons (Fsp3) is 0.667. The molecule has 0 saturated carbocycles. The van der Waals surface area contributed by atoms with Gasteiger partial charge in [-0.3, -0.25) is 0 Å². The first-order chi connectivity index (χ1) is 8.12. The van der Waals surface area contributed by atoms with Crippen molar-refractivity contribution in [3.05, 3.63) is 24.3 Å². The Kier molecular flexibility index (Phi) is 9.74. The molecule has 17 heavy (non-hydrogen) atoms. The lowest BCUT2D eigenvalue weighted by Crippen LogP contribution is -2.12. The fourth-order valence-corrected chi connectivity index (χ4v) is 1.34. The Balaban J connectivity index is 3.44. The first-order valence-corrected chi connectivity index (χ1v) is 6.59. The Morgan fingerprint density at radius 1 is 1.00 bits per heavy atom. The Morgan fingerprint density at radius 2 is 1.59 bits per heavy atom. The first kappa shape index (κ1) is 16.1. The van der Waals surface area contributed by atoms with Crippen molar-refractivity contribution in [3.8, 4) is 0 Å². The largest absolute Gasteiger partial charge is 0.317 e. The number of carbonyl (C=O) groups is 1. The molecule has 0 rings (SSSR count). The van der Waals surface area contributed by atoms with E-state index in [0.717, 1.165) is 45.1 Å². The van der Waals surface area contributed by atoms with E-state index in [2.05, 4.69) is 36.5 Å². The third-order valence-electron chi connectivity index (χ3n) is 2.53. The van der Waals surface area contributed by atoms with Crippen molar-refractivity contribution in [3.63, 3.8) is 0 Å². The average Bonchev–Trinajstić information content (AvgIpc) is 2.31. The quantitative estimate of drug-likeness (QED) is 0.358. The van der Waals surface area contributed by atoms with Gasteiger partial charge in [0.25, 0.3) is 0 Å². The molecule has 0 saturated heterocycles. The van der Waals surface area contributed by atoms with Crippen molar-refractivity contribution in [2.24, 2.45) is 5.41 Å². The van der Waals surface area contributed by atoms with Crippen molar-refractivity contribution in [1.82, 2.24) is 5.32 Å². The Labute approximate surface area is 106 Å². The van der Waals surface area contributed by atoms with Crippen LogP contribution in [0, 0.1) is 5.41 Å². The summed E-state index contributed by atoms with van der Waals surface area (Å²) < 4.78 is 0. The number of carbonyl (C=O) groups excluding carboxylic acids is 1. The third-order valence-corrected chi connectivity index (χ3v) is 2.53. The fourth-order valence-electron chi connectivity index (χ4n) is 1.34. The van der Waals surface area contributed by atoms with Crippen LogP contribution >= 0.6 is 0 Å². The van der Waals surface area contributed by atoms with Crippen LogP contribution in [0.15, 0.2) is 24.3 Å². The lowest BCUT2D eigenvalue weighted by molar-refractivity contribution is -0.114. The van der Waals surface area contributed by atoms with Gasteiger partial charge in [0.05, 0.1) is 0 Å². The van der Waals surface area contributed by atoms with Crippen LogP contribution in [-0.4, -0.2) is 19.4 Å². The SMILES string of the molecule is CCNCCC=CCCC=CCC(C)(C)C=O. The Hall–Kier alpha value is -0.890. The van der Waals surface area contributed by atoms with E-state index in [9.17, 15) is 4.79 Å². The highest BCUT2D eigenvalue weighted by molar-refractivity contribution is 5.58. The first-order valence-electron chi connectivity index (χ1n) is 6.59. The molecule has 0 aliphatic heterocycles. The predicted molar refractivity (Wildman–Crippen MR) is 75.1 cm³/mol. The standard InChI is InChI=1S/C15H27NO/c1-4-16-13-11-9-7-5-6-8-10-12-15(2,3)14-17/h7-10,14,16H,4-6,11-13H2,1-3H3. The van der Waals surface area contributed by atoms with Crippen LogP contribution in [0.4, 0.5) is 0 Å². The number of unbranched alkanes of at least 4 members (excludes halogenated alkanes) is 1. The van der Waals surface area contributed by atoms with E-state index < -0.39 is 0 Å². The van der Waals surface area contributed by atoms with Gasteiger partial charge in [0.1, 0.15) is 6.29 Å². The van der Waals surface area contributed by atoms with Gasteiger partial charge in [0.2, 0.25) is 0 Å². The zero-order chi connectivity index (χ0) is 13.0. The second kappa shape index (κ2) is 10.3. The van der Waals surface area contributed by atoms with Gasteiger partial charge in [-0.05, 0) is 38.8 Å². The zero-order valence-electron chi connectivity index (χ0n) is 11.5. The summed E-state index contributed by atoms with van der Waals surface area (Å²) in [6.45, 7) is 8.16. The second-order valence-electron chi connectivity index (χ2n) is 4.97. The summed E-state index contributed by atoms with van der Waals surface area (Å²) in [6.07, 6.45) is 13.9. The molecule has 0 atom stereocenters. The summed E-state index contributed by atoms with van der Waals surface area (Å²) in [5.74, 6) is 0. The molecule has 1 N–H and O–H groups in total. The van der Waals surface area contributed by atoms with E-state index >= 15 is 0 Å². The number of nitrogens with one attached hydrogen (secondary N) is 1. The normalized spacial score (nSPS) is 12.6. The van der Waals surface area contributed by atoms with Crippen molar-refractivity contribution in [2.75, 3.05) is 13.1 Å². The predicted octanol–water partition coefficient (Wildman–Crippen LogP) is 3.49. The molecule has 0 spiro atoms. The van der Waals surface area contributed by atoms with E-state index in [1.165, 1.54) is 0 Å². The molecule has 0 radical (unpaired) electrons. The summed E-state index contributed by atoms with van der Waals surface area (Å²) in [7, 11) is 0. The summed E-state index contributed by atoms with van der Waals surface area (Å²) in [5.41, 5.74) is -0.210. The second-order valence-corrected chi connectivity index (χ2v) is 4.97. The summed E-state index contributed by atoms with van der Waals surface area (Å²) in [4.78, 5) is 10.7. The average molecular weight is 237 g/mol. The van der Waals surface area contributed by atoms with E-state index in [1.54, 1.807) is 0 Å². The van der Waals surface area contributed by atoms with Crippen molar-refractivity contribution in [1.29, 1.82) is 0 Å². The van der Waals surface area contributed by atoms with Gasteiger partial charge in [0, 0.05) is 5.41 Å². The highest BCUT2D eigenvalue weighted by Crippen LogP contribution is 2.17. The molecule has 0 bridgehead atoms. The van der Waals surface area contributed by atoms with Gasteiger partial charge in [-0.2, -0.15) is 0 Å². The molecule has 0 aliphatic carbocycles. The van der Waals surface area contributed by atoms with Crippen LogP contribution in [0.2, 0.25) is 0 Å². The van der Waals surface area contributed by atoms with Crippen LogP contribution in [0.1, 0.15) is 46.5 Å². The highest BCUT2D eigenvalue weighted by atomic mass is 16.1. The zero-order valence-corrected chi connectivity index (χ0v) is 11.5. The van der Waals surface area contributed by atoms with Crippen molar-refractivity contribution in [2.45, 2.75) is 46.5 Å². The lowest BCUT2D eigenvalue weighted by atomic mass is 9.91. The number of aldehydes is 1. The number of rotatable bonds is 10. The van der Waals surface area contributed by atoms with Crippen molar-refractivity contribution < 1.29 is 4.79 Å². The molecule has 0 amide bonds. The van der Waals surface area contributed by atoms with Crippen molar-refractivity contribution >= 4 is 6.29 Å². The summed E-state index contributed by atoms with van der Waals surface area (Å²) in [6, 6.07) is 0. The van der Waals surface area contributed by atoms with Gasteiger partial charge >= 0.3 is 0 Å². The van der Waals surface area contributed by atoms with Gasteiger partial charge < -0.3 is 10.1 Å². The van der Waals surface area contributed by atoms with Crippen LogP contribution in [0.25, 0.3) is 0 Å². The maximum atomic E-state index is 10.7. The smallest absolute Gasteiger partial charge is 0.125 e. The highest BCUT2D eigenvalue weighted by Gasteiger charge is 2.13. The van der Waals surface area contributed by atoms with Gasteiger partial charge in [-0.1, -0.05) is 45.1 Å². The Morgan fingerprint density at radius 3 is 2.18 bits per heavy atom. The minimum absolute atomic E-state index is 0.210. The lowest BCUT2D eigenvalue weighted by Gasteiger charge is -2.12. The third kappa shape index (κ3) is 11.4. The maximum absolute atomic E-state index is 10.7. The molecule has 2 nitrogen and oxygen atoms in total. The van der Waals surface area contributed by atoms with E-state index in [1.807, 2.05) is 13.8 Å². The molecular weight excluding hydrogens is 210 g/mol. The minimum atomic E-state index is -0.210. The maximum Gasteiger partial charge on any atom is 0.125 e. The number of allylic oxidation sites excluding steroid dienone is 3. The molecule has 0 fully saturated rings. The van der Waals surface area contributed by atoms with E-state index in [-0.39, 0.29) is 5.41 Å². The molecule has 0 unspecified atom stereocenters. The van der Waals surface area contributed by atoms with Crippen LogP contribution in [0.5, 0.6) is 0 Å². The summed E-state index contributed by atoms with van der Waals surface area (Å²) >= 11 is 0. The number of hydrogen-bond donors (Lipinski definition) is 1. The molecule has 2 heteroatoms. The number of hydrogen-bond acceptors (Lipinski definition) is 2.